The quantitative estimate of drug-likeness (QED) is 0.597. The van der Waals surface area contributed by atoms with Gasteiger partial charge in [0.05, 0.1) is 11.2 Å². The summed E-state index contributed by atoms with van der Waals surface area (Å²) in [5.41, 5.74) is 3.87. The van der Waals surface area contributed by atoms with Gasteiger partial charge in [-0.2, -0.15) is 0 Å². The number of aromatic nitrogens is 4. The maximum absolute atomic E-state index is 5.01. The first kappa shape index (κ1) is 16.2. The molecule has 1 fully saturated rings. The second-order valence-corrected chi connectivity index (χ2v) is 7.37. The minimum atomic E-state index is 0.452. The number of piperazine rings is 1. The van der Waals surface area contributed by atoms with Crippen molar-refractivity contribution in [1.29, 1.82) is 0 Å². The molecule has 136 valence electrons. The van der Waals surface area contributed by atoms with Crippen LogP contribution in [0.4, 0.5) is 5.69 Å². The second-order valence-electron chi connectivity index (χ2n) is 7.37. The number of nitrogens with zero attached hydrogens (tertiary/aromatic N) is 5. The van der Waals surface area contributed by atoms with E-state index in [1.807, 2.05) is 34.9 Å². The van der Waals surface area contributed by atoms with Gasteiger partial charge in [-0.05, 0) is 38.1 Å². The number of benzene rings is 1. The number of pyridine rings is 2. The average molecular weight is 358 g/mol. The summed E-state index contributed by atoms with van der Waals surface area (Å²) in [5.74, 6) is 0.768. The third kappa shape index (κ3) is 2.82. The van der Waals surface area contributed by atoms with Crippen molar-refractivity contribution in [2.24, 2.45) is 0 Å². The van der Waals surface area contributed by atoms with E-state index in [-0.39, 0.29) is 0 Å². The lowest BCUT2D eigenvalue weighted by atomic mass is 10.1. The summed E-state index contributed by atoms with van der Waals surface area (Å²) < 4.78 is 1.98. The van der Waals surface area contributed by atoms with Crippen LogP contribution in [0.3, 0.4) is 0 Å². The zero-order valence-electron chi connectivity index (χ0n) is 15.5. The van der Waals surface area contributed by atoms with Crippen LogP contribution in [0.5, 0.6) is 0 Å². The first-order valence-electron chi connectivity index (χ1n) is 9.40. The number of hydrogen-bond donors (Lipinski definition) is 1. The van der Waals surface area contributed by atoms with Gasteiger partial charge in [0, 0.05) is 36.8 Å². The molecule has 1 aliphatic heterocycles. The van der Waals surface area contributed by atoms with Crippen LogP contribution in [0.2, 0.25) is 0 Å². The SMILES string of the molecule is C[C@@H]1CN(c2cccc3ccc(-c4nnc5ccccn45)nc23)C[C@H](C)N1. The molecule has 6 heteroatoms. The molecular weight excluding hydrogens is 336 g/mol. The Morgan fingerprint density at radius 3 is 2.63 bits per heavy atom. The van der Waals surface area contributed by atoms with E-state index in [0.29, 0.717) is 12.1 Å². The Bertz CT molecular complexity index is 1110. The van der Waals surface area contributed by atoms with Crippen LogP contribution in [0.15, 0.2) is 54.7 Å². The van der Waals surface area contributed by atoms with Gasteiger partial charge in [-0.3, -0.25) is 4.40 Å². The molecule has 6 nitrogen and oxygen atoms in total. The number of anilines is 1. The molecule has 0 bridgehead atoms. The Hall–Kier alpha value is -2.99. The molecular formula is C21H22N6. The van der Waals surface area contributed by atoms with E-state index in [1.54, 1.807) is 0 Å². The number of fused-ring (bicyclic) bond motifs is 2. The number of hydrogen-bond acceptors (Lipinski definition) is 5. The predicted molar refractivity (Wildman–Crippen MR) is 108 cm³/mol. The maximum Gasteiger partial charge on any atom is 0.187 e. The standard InChI is InChI=1S/C21H22N6/c1-14-12-26(13-15(2)22-14)18-7-5-6-16-9-10-17(23-20(16)18)21-25-24-19-8-3-4-11-27(19)21/h3-11,14-15,22H,12-13H2,1-2H3/t14-,15+. The van der Waals surface area contributed by atoms with Crippen LogP contribution in [0.25, 0.3) is 28.1 Å². The van der Waals surface area contributed by atoms with E-state index >= 15 is 0 Å². The molecule has 4 aromatic rings. The van der Waals surface area contributed by atoms with Gasteiger partial charge in [0.1, 0.15) is 5.69 Å². The van der Waals surface area contributed by atoms with E-state index in [1.165, 1.54) is 5.69 Å². The van der Waals surface area contributed by atoms with Gasteiger partial charge < -0.3 is 10.2 Å². The van der Waals surface area contributed by atoms with Crippen molar-refractivity contribution in [3.8, 4) is 11.5 Å². The van der Waals surface area contributed by atoms with Gasteiger partial charge >= 0.3 is 0 Å². The highest BCUT2D eigenvalue weighted by molar-refractivity contribution is 5.92. The summed E-state index contributed by atoms with van der Waals surface area (Å²) in [4.78, 5) is 7.45. The van der Waals surface area contributed by atoms with Crippen molar-refractivity contribution in [1.82, 2.24) is 24.9 Å². The smallest absolute Gasteiger partial charge is 0.187 e. The van der Waals surface area contributed by atoms with Crippen molar-refractivity contribution in [3.05, 3.63) is 54.7 Å². The largest absolute Gasteiger partial charge is 0.367 e. The Kier molecular flexibility index (Phi) is 3.79. The van der Waals surface area contributed by atoms with E-state index in [9.17, 15) is 0 Å². The molecule has 1 N–H and O–H groups in total. The van der Waals surface area contributed by atoms with Crippen molar-refractivity contribution in [2.75, 3.05) is 18.0 Å². The van der Waals surface area contributed by atoms with Crippen LogP contribution in [-0.4, -0.2) is 44.8 Å². The van der Waals surface area contributed by atoms with Gasteiger partial charge in [0.25, 0.3) is 0 Å². The monoisotopic (exact) mass is 358 g/mol. The molecule has 1 saturated heterocycles. The fourth-order valence-electron chi connectivity index (χ4n) is 4.05. The third-order valence-corrected chi connectivity index (χ3v) is 5.14. The lowest BCUT2D eigenvalue weighted by Gasteiger charge is -2.38. The average Bonchev–Trinajstić information content (AvgIpc) is 3.10. The fourth-order valence-corrected chi connectivity index (χ4v) is 4.05. The maximum atomic E-state index is 5.01. The summed E-state index contributed by atoms with van der Waals surface area (Å²) in [6, 6.07) is 17.4. The van der Waals surface area contributed by atoms with Crippen molar-refractivity contribution in [3.63, 3.8) is 0 Å². The minimum Gasteiger partial charge on any atom is -0.367 e. The molecule has 4 heterocycles. The highest BCUT2D eigenvalue weighted by Gasteiger charge is 2.23. The van der Waals surface area contributed by atoms with E-state index in [4.69, 9.17) is 4.98 Å². The molecule has 0 amide bonds. The Morgan fingerprint density at radius 2 is 1.78 bits per heavy atom. The summed E-state index contributed by atoms with van der Waals surface area (Å²) in [5, 5.41) is 13.4. The van der Waals surface area contributed by atoms with Crippen molar-refractivity contribution >= 4 is 22.2 Å². The molecule has 27 heavy (non-hydrogen) atoms. The van der Waals surface area contributed by atoms with Crippen LogP contribution in [0.1, 0.15) is 13.8 Å². The minimum absolute atomic E-state index is 0.452. The summed E-state index contributed by atoms with van der Waals surface area (Å²) >= 11 is 0. The van der Waals surface area contributed by atoms with Crippen molar-refractivity contribution < 1.29 is 0 Å². The molecule has 3 aromatic heterocycles. The van der Waals surface area contributed by atoms with Gasteiger partial charge in [0.15, 0.2) is 11.5 Å². The number of nitrogens with one attached hydrogen (secondary N) is 1. The van der Waals surface area contributed by atoms with Gasteiger partial charge in [-0.25, -0.2) is 4.98 Å². The summed E-state index contributed by atoms with van der Waals surface area (Å²) in [6.45, 7) is 6.41. The zero-order chi connectivity index (χ0) is 18.4. The second kappa shape index (κ2) is 6.32. The van der Waals surface area contributed by atoms with E-state index < -0.39 is 0 Å². The fraction of sp³-hybridized carbons (Fsp3) is 0.286. The molecule has 2 atom stereocenters. The first-order valence-corrected chi connectivity index (χ1v) is 9.40. The Labute approximate surface area is 157 Å². The van der Waals surface area contributed by atoms with Crippen LogP contribution < -0.4 is 10.2 Å². The molecule has 0 aliphatic carbocycles. The molecule has 0 spiro atoms. The lowest BCUT2D eigenvalue weighted by molar-refractivity contribution is 0.407. The lowest BCUT2D eigenvalue weighted by Crippen LogP contribution is -2.54. The number of para-hydroxylation sites is 1. The van der Waals surface area contributed by atoms with Crippen LogP contribution >= 0.6 is 0 Å². The Balaban J connectivity index is 1.65. The van der Waals surface area contributed by atoms with Crippen molar-refractivity contribution in [2.45, 2.75) is 25.9 Å². The normalized spacial score (nSPS) is 20.4. The van der Waals surface area contributed by atoms with Gasteiger partial charge in [0.2, 0.25) is 0 Å². The van der Waals surface area contributed by atoms with Gasteiger partial charge in [-0.1, -0.05) is 24.3 Å². The molecule has 1 aromatic carbocycles. The molecule has 0 radical (unpaired) electrons. The molecule has 0 unspecified atom stereocenters. The zero-order valence-corrected chi connectivity index (χ0v) is 15.5. The summed E-state index contributed by atoms with van der Waals surface area (Å²) in [6.07, 6.45) is 1.97. The predicted octanol–water partition coefficient (Wildman–Crippen LogP) is 3.13. The highest BCUT2D eigenvalue weighted by atomic mass is 15.3. The van der Waals surface area contributed by atoms with Crippen LogP contribution in [-0.2, 0) is 0 Å². The van der Waals surface area contributed by atoms with E-state index in [2.05, 4.69) is 58.5 Å². The number of rotatable bonds is 2. The van der Waals surface area contributed by atoms with Gasteiger partial charge in [-0.15, -0.1) is 10.2 Å². The highest BCUT2D eigenvalue weighted by Crippen LogP contribution is 2.29. The van der Waals surface area contributed by atoms with Crippen LogP contribution in [0, 0.1) is 0 Å². The van der Waals surface area contributed by atoms with E-state index in [0.717, 1.165) is 41.2 Å². The molecule has 0 saturated carbocycles. The third-order valence-electron chi connectivity index (χ3n) is 5.14. The molecule has 5 rings (SSSR count). The molecule has 1 aliphatic rings. The summed E-state index contributed by atoms with van der Waals surface area (Å²) in [7, 11) is 0. The first-order chi connectivity index (χ1) is 13.2. The Morgan fingerprint density at radius 1 is 0.926 bits per heavy atom. The topological polar surface area (TPSA) is 58.4 Å².